The number of nitrogens with zero attached hydrogens (tertiary/aromatic N) is 1. The highest BCUT2D eigenvalue weighted by Crippen LogP contribution is 2.20. The summed E-state index contributed by atoms with van der Waals surface area (Å²) < 4.78 is 49.3. The van der Waals surface area contributed by atoms with Crippen LogP contribution in [0.2, 0.25) is 0 Å². The molecule has 0 spiro atoms. The molecule has 0 atom stereocenters. The molecule has 0 saturated carbocycles. The van der Waals surface area contributed by atoms with Gasteiger partial charge in [0.05, 0.1) is 17.7 Å². The van der Waals surface area contributed by atoms with Gasteiger partial charge in [0.25, 0.3) is 0 Å². The Morgan fingerprint density at radius 3 is 2.05 bits per heavy atom. The Morgan fingerprint density at radius 2 is 1.63 bits per heavy atom. The van der Waals surface area contributed by atoms with E-state index in [0.29, 0.717) is 17.8 Å². The molecule has 0 aliphatic heterocycles. The molecule has 0 aliphatic carbocycles. The van der Waals surface area contributed by atoms with E-state index in [9.17, 15) is 16.8 Å². The Hall–Kier alpha value is -1.28. The first-order chi connectivity index (χ1) is 8.65. The van der Waals surface area contributed by atoms with Crippen LogP contribution in [-0.2, 0) is 20.0 Å². The predicted octanol–water partition coefficient (Wildman–Crippen LogP) is 1.23. The summed E-state index contributed by atoms with van der Waals surface area (Å²) in [5.41, 5.74) is 0.889. The van der Waals surface area contributed by atoms with Gasteiger partial charge in [0, 0.05) is 12.7 Å². The van der Waals surface area contributed by atoms with E-state index in [0.717, 1.165) is 6.26 Å². The van der Waals surface area contributed by atoms with Crippen LogP contribution in [-0.4, -0.2) is 35.9 Å². The molecule has 0 aromatic heterocycles. The fraction of sp³-hybridized carbons (Fsp3) is 0.455. The minimum Gasteiger partial charge on any atom is -0.284 e. The Kier molecular flexibility index (Phi) is 4.81. The minimum atomic E-state index is -3.33. The van der Waals surface area contributed by atoms with Crippen molar-refractivity contribution < 1.29 is 16.8 Å². The van der Waals surface area contributed by atoms with Gasteiger partial charge in [-0.15, -0.1) is 0 Å². The van der Waals surface area contributed by atoms with Crippen LogP contribution in [0.5, 0.6) is 0 Å². The van der Waals surface area contributed by atoms with Crippen molar-refractivity contribution in [2.75, 3.05) is 28.1 Å². The molecule has 1 aromatic carbocycles. The third kappa shape index (κ3) is 4.71. The molecule has 108 valence electrons. The molecule has 1 rings (SSSR count). The molecule has 19 heavy (non-hydrogen) atoms. The van der Waals surface area contributed by atoms with E-state index in [2.05, 4.69) is 4.72 Å². The molecule has 0 bridgehead atoms. The second kappa shape index (κ2) is 5.79. The maximum absolute atomic E-state index is 11.9. The van der Waals surface area contributed by atoms with E-state index in [1.807, 2.05) is 0 Å². The number of benzene rings is 1. The highest BCUT2D eigenvalue weighted by molar-refractivity contribution is 7.92. The lowest BCUT2D eigenvalue weighted by atomic mass is 10.3. The third-order valence-corrected chi connectivity index (χ3v) is 4.99. The van der Waals surface area contributed by atoms with Gasteiger partial charge in [0.2, 0.25) is 20.0 Å². The summed E-state index contributed by atoms with van der Waals surface area (Å²) in [6.45, 7) is 1.80. The number of hydrogen-bond acceptors (Lipinski definition) is 4. The zero-order chi connectivity index (χ0) is 14.7. The molecule has 0 amide bonds. The normalized spacial score (nSPS) is 12.2. The van der Waals surface area contributed by atoms with Gasteiger partial charge < -0.3 is 0 Å². The Balaban J connectivity index is 2.93. The summed E-state index contributed by atoms with van der Waals surface area (Å²) in [6, 6.07) is 6.16. The van der Waals surface area contributed by atoms with Gasteiger partial charge in [-0.05, 0) is 30.7 Å². The average molecular weight is 306 g/mol. The molecular formula is C11H18N2O4S2. The van der Waals surface area contributed by atoms with E-state index in [4.69, 9.17) is 0 Å². The number of sulfonamides is 2. The Labute approximate surface area is 114 Å². The summed E-state index contributed by atoms with van der Waals surface area (Å²) in [4.78, 5) is 0. The lowest BCUT2D eigenvalue weighted by Gasteiger charge is -2.19. The summed E-state index contributed by atoms with van der Waals surface area (Å²) >= 11 is 0. The van der Waals surface area contributed by atoms with Crippen LogP contribution in [0.1, 0.15) is 13.3 Å². The quantitative estimate of drug-likeness (QED) is 0.857. The minimum absolute atomic E-state index is 0.0762. The molecule has 0 heterocycles. The van der Waals surface area contributed by atoms with Gasteiger partial charge in [0.15, 0.2) is 0 Å². The number of hydrogen-bond donors (Lipinski definition) is 1. The van der Waals surface area contributed by atoms with Crippen LogP contribution >= 0.6 is 0 Å². The molecule has 0 unspecified atom stereocenters. The van der Waals surface area contributed by atoms with Crippen LogP contribution in [0, 0.1) is 0 Å². The van der Waals surface area contributed by atoms with Crippen molar-refractivity contribution in [1.82, 2.24) is 0 Å². The van der Waals surface area contributed by atoms with Gasteiger partial charge in [-0.3, -0.25) is 9.03 Å². The Morgan fingerprint density at radius 1 is 1.11 bits per heavy atom. The van der Waals surface area contributed by atoms with Gasteiger partial charge in [-0.25, -0.2) is 16.8 Å². The summed E-state index contributed by atoms with van der Waals surface area (Å²) in [5, 5.41) is 0. The molecule has 0 fully saturated rings. The topological polar surface area (TPSA) is 83.6 Å². The molecule has 0 saturated heterocycles. The maximum atomic E-state index is 11.9. The molecule has 1 aromatic rings. The summed E-state index contributed by atoms with van der Waals surface area (Å²) in [6.07, 6.45) is 1.60. The number of rotatable bonds is 6. The van der Waals surface area contributed by atoms with Crippen molar-refractivity contribution in [3.8, 4) is 0 Å². The van der Waals surface area contributed by atoms with Crippen molar-refractivity contribution in [1.29, 1.82) is 0 Å². The maximum Gasteiger partial charge on any atom is 0.234 e. The van der Waals surface area contributed by atoms with E-state index in [1.165, 1.54) is 23.5 Å². The van der Waals surface area contributed by atoms with Crippen molar-refractivity contribution in [2.24, 2.45) is 0 Å². The molecule has 1 N–H and O–H groups in total. The fourth-order valence-corrected chi connectivity index (χ4v) is 3.31. The van der Waals surface area contributed by atoms with Gasteiger partial charge >= 0.3 is 0 Å². The van der Waals surface area contributed by atoms with Crippen molar-refractivity contribution in [3.63, 3.8) is 0 Å². The highest BCUT2D eigenvalue weighted by atomic mass is 32.2. The van der Waals surface area contributed by atoms with Gasteiger partial charge in [-0.1, -0.05) is 6.92 Å². The molecule has 6 nitrogen and oxygen atoms in total. The second-order valence-corrected chi connectivity index (χ2v) is 8.07. The van der Waals surface area contributed by atoms with Crippen LogP contribution in [0.3, 0.4) is 0 Å². The molecule has 8 heteroatoms. The first kappa shape index (κ1) is 15.8. The van der Waals surface area contributed by atoms with Crippen molar-refractivity contribution >= 4 is 31.4 Å². The van der Waals surface area contributed by atoms with Crippen molar-refractivity contribution in [3.05, 3.63) is 24.3 Å². The van der Waals surface area contributed by atoms with Crippen LogP contribution in [0.25, 0.3) is 0 Å². The van der Waals surface area contributed by atoms with E-state index >= 15 is 0 Å². The van der Waals surface area contributed by atoms with Crippen LogP contribution in [0.4, 0.5) is 11.4 Å². The first-order valence-electron chi connectivity index (χ1n) is 5.70. The van der Waals surface area contributed by atoms with E-state index in [-0.39, 0.29) is 5.75 Å². The van der Waals surface area contributed by atoms with Gasteiger partial charge in [0.1, 0.15) is 0 Å². The zero-order valence-corrected chi connectivity index (χ0v) is 12.8. The molecule has 0 aliphatic rings. The SMILES string of the molecule is CCCS(=O)(=O)N(C)c1ccc(NS(C)(=O)=O)cc1. The molecular weight excluding hydrogens is 288 g/mol. The smallest absolute Gasteiger partial charge is 0.234 e. The monoisotopic (exact) mass is 306 g/mol. The number of anilines is 2. The Bertz CT molecular complexity index is 621. The zero-order valence-electron chi connectivity index (χ0n) is 11.1. The largest absolute Gasteiger partial charge is 0.284 e. The van der Waals surface area contributed by atoms with Crippen LogP contribution in [0.15, 0.2) is 24.3 Å². The lowest BCUT2D eigenvalue weighted by Crippen LogP contribution is -2.28. The van der Waals surface area contributed by atoms with Crippen LogP contribution < -0.4 is 9.03 Å². The number of nitrogens with one attached hydrogen (secondary N) is 1. The van der Waals surface area contributed by atoms with Gasteiger partial charge in [-0.2, -0.15) is 0 Å². The standard InChI is InChI=1S/C11H18N2O4S2/c1-4-9-19(16,17)13(2)11-7-5-10(6-8-11)12-18(3,14)15/h5-8,12H,4,9H2,1-3H3. The first-order valence-corrected chi connectivity index (χ1v) is 9.20. The average Bonchev–Trinajstić information content (AvgIpc) is 2.27. The lowest BCUT2D eigenvalue weighted by molar-refractivity contribution is 0.593. The fourth-order valence-electron chi connectivity index (χ4n) is 1.51. The predicted molar refractivity (Wildman–Crippen MR) is 77.4 cm³/mol. The third-order valence-electron chi connectivity index (χ3n) is 2.41. The second-order valence-electron chi connectivity index (χ2n) is 4.20. The van der Waals surface area contributed by atoms with Crippen molar-refractivity contribution in [2.45, 2.75) is 13.3 Å². The van der Waals surface area contributed by atoms with E-state index < -0.39 is 20.0 Å². The highest BCUT2D eigenvalue weighted by Gasteiger charge is 2.17. The van der Waals surface area contributed by atoms with E-state index in [1.54, 1.807) is 19.1 Å². The summed E-state index contributed by atoms with van der Waals surface area (Å²) in [5.74, 6) is 0.0762. The summed E-state index contributed by atoms with van der Waals surface area (Å²) in [7, 11) is -5.17. The molecule has 0 radical (unpaired) electrons.